The lowest BCUT2D eigenvalue weighted by Crippen LogP contribution is -2.33. The van der Waals surface area contributed by atoms with Crippen molar-refractivity contribution in [1.29, 1.82) is 0 Å². The minimum atomic E-state index is -1.54. The number of ether oxygens (including phenoxy) is 1. The summed E-state index contributed by atoms with van der Waals surface area (Å²) in [6.07, 6.45) is -0.642. The van der Waals surface area contributed by atoms with E-state index in [9.17, 15) is 18.0 Å². The van der Waals surface area contributed by atoms with Crippen LogP contribution < -0.4 is 10.2 Å². The molecule has 1 amide bonds. The first-order valence-electron chi connectivity index (χ1n) is 7.05. The molecule has 1 aromatic carbocycles. The molecule has 0 radical (unpaired) electrons. The number of rotatable bonds is 4. The van der Waals surface area contributed by atoms with Crippen LogP contribution in [0.2, 0.25) is 0 Å². The lowest BCUT2D eigenvalue weighted by Gasteiger charge is -2.15. The van der Waals surface area contributed by atoms with Crippen molar-refractivity contribution in [1.82, 2.24) is 15.5 Å². The Bertz CT molecular complexity index is 831. The van der Waals surface area contributed by atoms with Crippen molar-refractivity contribution >= 4 is 29.0 Å². The molecule has 1 aliphatic rings. The van der Waals surface area contributed by atoms with Gasteiger partial charge in [0, 0.05) is 6.07 Å². The van der Waals surface area contributed by atoms with Crippen molar-refractivity contribution in [3.63, 3.8) is 0 Å². The van der Waals surface area contributed by atoms with Gasteiger partial charge in [-0.05, 0) is 6.92 Å². The highest BCUT2D eigenvalue weighted by atomic mass is 32.1. The van der Waals surface area contributed by atoms with Gasteiger partial charge in [-0.3, -0.25) is 4.90 Å². The second-order valence-electron chi connectivity index (χ2n) is 5.18. The summed E-state index contributed by atoms with van der Waals surface area (Å²) in [6, 6.07) is 0.680. The Labute approximate surface area is 144 Å². The van der Waals surface area contributed by atoms with E-state index in [0.717, 1.165) is 11.2 Å². The average molecular weight is 372 g/mol. The number of aromatic nitrogens is 2. The molecule has 0 bridgehead atoms. The van der Waals surface area contributed by atoms with Crippen molar-refractivity contribution in [3.05, 3.63) is 29.8 Å². The molecule has 1 aliphatic heterocycles. The third-order valence-electron chi connectivity index (χ3n) is 3.46. The van der Waals surface area contributed by atoms with E-state index in [1.165, 1.54) is 0 Å². The number of hydrogen-bond donors (Lipinski definition) is 1. The van der Waals surface area contributed by atoms with E-state index in [0.29, 0.717) is 11.1 Å². The monoisotopic (exact) mass is 372 g/mol. The number of anilines is 1. The van der Waals surface area contributed by atoms with E-state index in [1.54, 1.807) is 6.92 Å². The van der Waals surface area contributed by atoms with Crippen LogP contribution in [0.25, 0.3) is 11.5 Å². The minimum absolute atomic E-state index is 0.0931. The van der Waals surface area contributed by atoms with Gasteiger partial charge in [-0.1, -0.05) is 17.4 Å². The topological polar surface area (TPSA) is 80.5 Å². The summed E-state index contributed by atoms with van der Waals surface area (Å²) in [4.78, 5) is 16.7. The summed E-state index contributed by atoms with van der Waals surface area (Å²) in [6.45, 7) is 1.75. The number of halogens is 3. The first-order valence-corrected chi connectivity index (χ1v) is 7.46. The number of carbonyl (C=O) groups excluding carboxylic acids is 1. The lowest BCUT2D eigenvalue weighted by atomic mass is 10.1. The zero-order valence-corrected chi connectivity index (χ0v) is 13.6. The maximum atomic E-state index is 14.4. The molecule has 1 aromatic heterocycles. The number of cyclic esters (lactones) is 1. The molecular weight excluding hydrogens is 361 g/mol. The SMILES string of the molecule is CC(=S)NCC1CN(c2cc(F)c(-c3ncno3)c(F)c2F)C(=O)O1. The standard InChI is InChI=1S/C14H11F3N4O3S/c1-6(25)18-3-7-4-21(14(22)23-7)9-2-8(15)10(12(17)11(9)16)13-19-5-20-24-13/h2,5,7H,3-4H2,1H3,(H,18,25). The van der Waals surface area contributed by atoms with Crippen LogP contribution in [0, 0.1) is 17.5 Å². The van der Waals surface area contributed by atoms with Gasteiger partial charge < -0.3 is 14.6 Å². The number of nitrogens with zero attached hydrogens (tertiary/aromatic N) is 3. The van der Waals surface area contributed by atoms with Crippen LogP contribution in [0.1, 0.15) is 6.92 Å². The van der Waals surface area contributed by atoms with Crippen LogP contribution in [0.4, 0.5) is 23.7 Å². The number of amides is 1. The fourth-order valence-electron chi connectivity index (χ4n) is 2.34. The number of benzene rings is 1. The minimum Gasteiger partial charge on any atom is -0.442 e. The van der Waals surface area contributed by atoms with Gasteiger partial charge in [0.05, 0.1) is 23.8 Å². The van der Waals surface area contributed by atoms with Crippen molar-refractivity contribution in [2.24, 2.45) is 0 Å². The van der Waals surface area contributed by atoms with Gasteiger partial charge in [0.25, 0.3) is 5.89 Å². The van der Waals surface area contributed by atoms with Gasteiger partial charge in [0.15, 0.2) is 18.0 Å². The van der Waals surface area contributed by atoms with Crippen LogP contribution in [-0.4, -0.2) is 40.4 Å². The number of thiocarbonyl (C=S) groups is 1. The first-order chi connectivity index (χ1) is 11.9. The Hall–Kier alpha value is -2.69. The maximum Gasteiger partial charge on any atom is 0.414 e. The fraction of sp³-hybridized carbons (Fsp3) is 0.286. The van der Waals surface area contributed by atoms with E-state index < -0.39 is 46.8 Å². The van der Waals surface area contributed by atoms with Crippen LogP contribution in [-0.2, 0) is 4.74 Å². The summed E-state index contributed by atoms with van der Waals surface area (Å²) in [5.74, 6) is -4.63. The first kappa shape index (κ1) is 17.1. The normalized spacial score (nSPS) is 16.9. The van der Waals surface area contributed by atoms with E-state index in [1.807, 2.05) is 0 Å². The van der Waals surface area contributed by atoms with Crippen molar-refractivity contribution in [2.75, 3.05) is 18.0 Å². The zero-order chi connectivity index (χ0) is 18.1. The quantitative estimate of drug-likeness (QED) is 0.652. The largest absolute Gasteiger partial charge is 0.442 e. The fourth-order valence-corrected chi connectivity index (χ4v) is 2.42. The zero-order valence-electron chi connectivity index (χ0n) is 12.8. The summed E-state index contributed by atoms with van der Waals surface area (Å²) in [5, 5.41) is 6.03. The molecule has 25 heavy (non-hydrogen) atoms. The Morgan fingerprint density at radius 3 is 2.84 bits per heavy atom. The Kier molecular flexibility index (Phi) is 4.57. The molecule has 0 spiro atoms. The Morgan fingerprint density at radius 2 is 2.20 bits per heavy atom. The molecule has 0 saturated carbocycles. The van der Waals surface area contributed by atoms with E-state index in [-0.39, 0.29) is 13.1 Å². The van der Waals surface area contributed by atoms with Gasteiger partial charge in [-0.15, -0.1) is 0 Å². The third-order valence-corrected chi connectivity index (χ3v) is 3.60. The van der Waals surface area contributed by atoms with Gasteiger partial charge in [0.2, 0.25) is 0 Å². The second-order valence-corrected chi connectivity index (χ2v) is 5.79. The molecule has 1 unspecified atom stereocenters. The van der Waals surface area contributed by atoms with Crippen molar-refractivity contribution in [2.45, 2.75) is 13.0 Å². The molecule has 7 nitrogen and oxygen atoms in total. The highest BCUT2D eigenvalue weighted by Crippen LogP contribution is 2.33. The van der Waals surface area contributed by atoms with E-state index in [2.05, 4.69) is 20.0 Å². The molecule has 132 valence electrons. The van der Waals surface area contributed by atoms with Gasteiger partial charge >= 0.3 is 6.09 Å². The lowest BCUT2D eigenvalue weighted by molar-refractivity contribution is 0.143. The average Bonchev–Trinajstić information content (AvgIpc) is 3.19. The second kappa shape index (κ2) is 6.67. The molecular formula is C14H11F3N4O3S. The smallest absolute Gasteiger partial charge is 0.414 e. The molecule has 3 rings (SSSR count). The highest BCUT2D eigenvalue weighted by Gasteiger charge is 2.36. The predicted molar refractivity (Wildman–Crippen MR) is 83.5 cm³/mol. The maximum absolute atomic E-state index is 14.4. The van der Waals surface area contributed by atoms with Gasteiger partial charge in [-0.2, -0.15) is 4.98 Å². The Morgan fingerprint density at radius 1 is 1.44 bits per heavy atom. The molecule has 1 fully saturated rings. The predicted octanol–water partition coefficient (Wildman–Crippen LogP) is 2.42. The highest BCUT2D eigenvalue weighted by molar-refractivity contribution is 7.80. The molecule has 2 aromatic rings. The number of carbonyl (C=O) groups is 1. The van der Waals surface area contributed by atoms with Gasteiger partial charge in [-0.25, -0.2) is 18.0 Å². The molecule has 1 atom stereocenters. The molecule has 1 N–H and O–H groups in total. The van der Waals surface area contributed by atoms with Crippen LogP contribution >= 0.6 is 12.2 Å². The van der Waals surface area contributed by atoms with Gasteiger partial charge in [0.1, 0.15) is 17.5 Å². The number of nitrogens with one attached hydrogen (secondary N) is 1. The van der Waals surface area contributed by atoms with Crippen LogP contribution in [0.5, 0.6) is 0 Å². The van der Waals surface area contributed by atoms with Crippen LogP contribution in [0.15, 0.2) is 16.9 Å². The summed E-state index contributed by atoms with van der Waals surface area (Å²) in [5.41, 5.74) is -1.38. The third kappa shape index (κ3) is 3.27. The van der Waals surface area contributed by atoms with Crippen molar-refractivity contribution in [3.8, 4) is 11.5 Å². The van der Waals surface area contributed by atoms with Crippen LogP contribution in [0.3, 0.4) is 0 Å². The number of hydrogen-bond acceptors (Lipinski definition) is 6. The molecule has 2 heterocycles. The summed E-state index contributed by atoms with van der Waals surface area (Å²) in [7, 11) is 0. The molecule has 11 heteroatoms. The van der Waals surface area contributed by atoms with E-state index in [4.69, 9.17) is 17.0 Å². The summed E-state index contributed by atoms with van der Waals surface area (Å²) < 4.78 is 52.5. The summed E-state index contributed by atoms with van der Waals surface area (Å²) >= 11 is 4.85. The molecule has 1 saturated heterocycles. The van der Waals surface area contributed by atoms with E-state index >= 15 is 0 Å². The van der Waals surface area contributed by atoms with Crippen molar-refractivity contribution < 1.29 is 27.2 Å². The Balaban J connectivity index is 1.91. The molecule has 0 aliphatic carbocycles.